The number of hydrogen-bond donors (Lipinski definition) is 0. The van der Waals surface area contributed by atoms with E-state index in [2.05, 4.69) is 4.74 Å². The summed E-state index contributed by atoms with van der Waals surface area (Å²) in [4.78, 5) is 19.3. The molecule has 1 unspecified atom stereocenters. The van der Waals surface area contributed by atoms with Crippen LogP contribution in [-0.4, -0.2) is 25.5 Å². The van der Waals surface area contributed by atoms with Gasteiger partial charge in [0, 0.05) is 0 Å². The first-order chi connectivity index (χ1) is 3.72. The van der Waals surface area contributed by atoms with Crippen LogP contribution in [0, 0.1) is 0 Å². The number of alkyl halides is 1. The topological polar surface area (TPSA) is 43.4 Å². The molecule has 1 atom stereocenters. The van der Waals surface area contributed by atoms with E-state index in [1.807, 2.05) is 0 Å². The Labute approximate surface area is 45.4 Å². The number of aldehydes is 1. The normalized spacial score (nSPS) is 12.2. The van der Waals surface area contributed by atoms with E-state index in [4.69, 9.17) is 0 Å². The van der Waals surface area contributed by atoms with Crippen LogP contribution >= 0.6 is 0 Å². The van der Waals surface area contributed by atoms with Gasteiger partial charge in [0.1, 0.15) is 0 Å². The van der Waals surface area contributed by atoms with Crippen LogP contribution in [-0.2, 0) is 14.3 Å². The van der Waals surface area contributed by atoms with Gasteiger partial charge in [0.05, 0.1) is 7.11 Å². The fraction of sp³-hybridized carbons (Fsp3) is 0.500. The monoisotopic (exact) mass is 120 g/mol. The molecular weight excluding hydrogens is 115 g/mol. The largest absolute Gasteiger partial charge is 0.467 e. The van der Waals surface area contributed by atoms with E-state index in [1.54, 1.807) is 0 Å². The quantitative estimate of drug-likeness (QED) is 0.285. The molecule has 0 spiro atoms. The van der Waals surface area contributed by atoms with Crippen molar-refractivity contribution in [3.63, 3.8) is 0 Å². The highest BCUT2D eigenvalue weighted by Crippen LogP contribution is 1.86. The van der Waals surface area contributed by atoms with Crippen molar-refractivity contribution in [2.75, 3.05) is 7.11 Å². The van der Waals surface area contributed by atoms with Crippen molar-refractivity contribution >= 4 is 12.3 Å². The summed E-state index contributed by atoms with van der Waals surface area (Å²) in [6.07, 6.45) is -2.24. The minimum atomic E-state index is -2.12. The molecule has 0 aliphatic rings. The van der Waals surface area contributed by atoms with Crippen LogP contribution in [0.1, 0.15) is 0 Å². The molecule has 0 bridgehead atoms. The van der Waals surface area contributed by atoms with Gasteiger partial charge in [-0.15, -0.1) is 0 Å². The standard InChI is InChI=1S/C4H5FO3/c1-8-4(7)3(5)2-6/h2-3H,1H3. The van der Waals surface area contributed by atoms with Crippen molar-refractivity contribution in [1.82, 2.24) is 0 Å². The number of ether oxygens (including phenoxy) is 1. The van der Waals surface area contributed by atoms with E-state index < -0.39 is 12.1 Å². The molecule has 8 heavy (non-hydrogen) atoms. The van der Waals surface area contributed by atoms with E-state index in [-0.39, 0.29) is 6.29 Å². The Bertz CT molecular complexity index is 101. The minimum absolute atomic E-state index is 0.119. The number of esters is 1. The molecule has 0 saturated carbocycles. The maximum Gasteiger partial charge on any atom is 0.348 e. The second-order valence-corrected chi connectivity index (χ2v) is 1.06. The van der Waals surface area contributed by atoms with E-state index in [0.717, 1.165) is 7.11 Å². The molecule has 0 aliphatic heterocycles. The molecule has 0 radical (unpaired) electrons. The van der Waals surface area contributed by atoms with Gasteiger partial charge < -0.3 is 4.74 Å². The molecule has 0 saturated heterocycles. The Balaban J connectivity index is 3.62. The van der Waals surface area contributed by atoms with Crippen molar-refractivity contribution < 1.29 is 18.7 Å². The minimum Gasteiger partial charge on any atom is -0.467 e. The van der Waals surface area contributed by atoms with E-state index in [9.17, 15) is 14.0 Å². The van der Waals surface area contributed by atoms with Gasteiger partial charge in [0.25, 0.3) is 6.17 Å². The molecule has 3 nitrogen and oxygen atoms in total. The highest BCUT2D eigenvalue weighted by atomic mass is 19.1. The van der Waals surface area contributed by atoms with Crippen molar-refractivity contribution in [2.24, 2.45) is 0 Å². The molecule has 0 aromatic carbocycles. The molecule has 0 heterocycles. The van der Waals surface area contributed by atoms with Crippen LogP contribution in [0.25, 0.3) is 0 Å². The molecule has 46 valence electrons. The fourth-order valence-corrected chi connectivity index (χ4v) is 0.168. The van der Waals surface area contributed by atoms with Crippen LogP contribution in [0.3, 0.4) is 0 Å². The highest BCUT2D eigenvalue weighted by Gasteiger charge is 2.14. The van der Waals surface area contributed by atoms with Gasteiger partial charge in [-0.25, -0.2) is 9.18 Å². The van der Waals surface area contributed by atoms with Gasteiger partial charge in [-0.2, -0.15) is 0 Å². The zero-order valence-electron chi connectivity index (χ0n) is 4.26. The average molecular weight is 120 g/mol. The summed E-state index contributed by atoms with van der Waals surface area (Å²) in [6.45, 7) is 0. The lowest BCUT2D eigenvalue weighted by molar-refractivity contribution is -0.147. The van der Waals surface area contributed by atoms with Gasteiger partial charge in [-0.3, -0.25) is 4.79 Å². The summed E-state index contributed by atoms with van der Waals surface area (Å²) < 4.78 is 15.5. The van der Waals surface area contributed by atoms with Crippen LogP contribution in [0.4, 0.5) is 4.39 Å². The van der Waals surface area contributed by atoms with E-state index >= 15 is 0 Å². The van der Waals surface area contributed by atoms with Crippen LogP contribution in [0.5, 0.6) is 0 Å². The summed E-state index contributed by atoms with van der Waals surface area (Å²) >= 11 is 0. The Morgan fingerprint density at radius 3 is 2.50 bits per heavy atom. The predicted octanol–water partition coefficient (Wildman–Crippen LogP) is -0.304. The van der Waals surface area contributed by atoms with E-state index in [1.165, 1.54) is 0 Å². The lowest BCUT2D eigenvalue weighted by Crippen LogP contribution is -2.17. The van der Waals surface area contributed by atoms with E-state index in [0.29, 0.717) is 0 Å². The molecule has 0 N–H and O–H groups in total. The van der Waals surface area contributed by atoms with Crippen molar-refractivity contribution in [1.29, 1.82) is 0 Å². The molecule has 4 heteroatoms. The Morgan fingerprint density at radius 2 is 2.38 bits per heavy atom. The predicted molar refractivity (Wildman–Crippen MR) is 23.0 cm³/mol. The molecule has 0 aromatic heterocycles. The van der Waals surface area contributed by atoms with Crippen LogP contribution in [0.15, 0.2) is 0 Å². The third-order valence-corrected chi connectivity index (χ3v) is 0.546. The third-order valence-electron chi connectivity index (χ3n) is 0.546. The maximum atomic E-state index is 11.7. The number of rotatable bonds is 2. The third kappa shape index (κ3) is 1.68. The first kappa shape index (κ1) is 7.07. The number of halogens is 1. The highest BCUT2D eigenvalue weighted by molar-refractivity contribution is 5.90. The van der Waals surface area contributed by atoms with Gasteiger partial charge in [0.2, 0.25) is 0 Å². The number of hydrogen-bond acceptors (Lipinski definition) is 3. The smallest absolute Gasteiger partial charge is 0.348 e. The second-order valence-electron chi connectivity index (χ2n) is 1.06. The van der Waals surface area contributed by atoms with Gasteiger partial charge in [-0.1, -0.05) is 0 Å². The molecule has 0 rings (SSSR count). The number of carbonyl (C=O) groups excluding carboxylic acids is 2. The van der Waals surface area contributed by atoms with Gasteiger partial charge in [-0.05, 0) is 0 Å². The zero-order valence-corrected chi connectivity index (χ0v) is 4.26. The Hall–Kier alpha value is -0.930. The lowest BCUT2D eigenvalue weighted by atomic mass is 10.4. The first-order valence-electron chi connectivity index (χ1n) is 1.89. The SMILES string of the molecule is COC(=O)C(F)C=O. The molecule has 0 aliphatic carbocycles. The second kappa shape index (κ2) is 3.12. The van der Waals surface area contributed by atoms with Gasteiger partial charge in [0.15, 0.2) is 6.29 Å². The summed E-state index contributed by atoms with van der Waals surface area (Å²) in [5.74, 6) is -1.15. The molecule has 0 fully saturated rings. The summed E-state index contributed by atoms with van der Waals surface area (Å²) in [7, 11) is 1.01. The van der Waals surface area contributed by atoms with Crippen molar-refractivity contribution in [3.05, 3.63) is 0 Å². The van der Waals surface area contributed by atoms with Crippen molar-refractivity contribution in [2.45, 2.75) is 6.17 Å². The first-order valence-corrected chi connectivity index (χ1v) is 1.89. The summed E-state index contributed by atoms with van der Waals surface area (Å²) in [5, 5.41) is 0. The molecule has 0 aromatic rings. The Morgan fingerprint density at radius 1 is 1.88 bits per heavy atom. The summed E-state index contributed by atoms with van der Waals surface area (Å²) in [5.41, 5.74) is 0. The molecule has 0 amide bonds. The Kier molecular flexibility index (Phi) is 2.76. The maximum absolute atomic E-state index is 11.7. The van der Waals surface area contributed by atoms with Gasteiger partial charge >= 0.3 is 5.97 Å². The van der Waals surface area contributed by atoms with Crippen LogP contribution in [0.2, 0.25) is 0 Å². The number of methoxy groups -OCH3 is 1. The van der Waals surface area contributed by atoms with Crippen molar-refractivity contribution in [3.8, 4) is 0 Å². The van der Waals surface area contributed by atoms with Crippen LogP contribution < -0.4 is 0 Å². The summed E-state index contributed by atoms with van der Waals surface area (Å²) in [6, 6.07) is 0. The zero-order chi connectivity index (χ0) is 6.57. The average Bonchev–Trinajstić information content (AvgIpc) is 1.84. The molecular formula is C4H5FO3. The number of carbonyl (C=O) groups is 2. The fourth-order valence-electron chi connectivity index (χ4n) is 0.168. The lowest BCUT2D eigenvalue weighted by Gasteiger charge is -1.93.